The molecule has 6 nitrogen and oxygen atoms in total. The Labute approximate surface area is 148 Å². The van der Waals surface area contributed by atoms with Crippen molar-refractivity contribution in [1.82, 2.24) is 9.97 Å². The van der Waals surface area contributed by atoms with Gasteiger partial charge in [0, 0.05) is 17.5 Å². The number of nitrogens with zero attached hydrogens (tertiary/aromatic N) is 2. The van der Waals surface area contributed by atoms with Gasteiger partial charge in [-0.3, -0.25) is 0 Å². The van der Waals surface area contributed by atoms with E-state index in [9.17, 15) is 8.78 Å². The van der Waals surface area contributed by atoms with Crippen LogP contribution in [0.15, 0.2) is 30.6 Å². The van der Waals surface area contributed by atoms with Gasteiger partial charge in [0.15, 0.2) is 0 Å². The summed E-state index contributed by atoms with van der Waals surface area (Å²) in [5.74, 6) is -0.716. The normalized spacial score (nSPS) is 10.8. The van der Waals surface area contributed by atoms with Gasteiger partial charge in [-0.2, -0.15) is 0 Å². The molecule has 0 unspecified atom stereocenters. The van der Waals surface area contributed by atoms with Crippen molar-refractivity contribution in [3.8, 4) is 5.75 Å². The molecular weight excluding hydrogens is 343 g/mol. The Morgan fingerprint density at radius 3 is 2.42 bits per heavy atom. The molecule has 3 N–H and O–H groups in total. The molecule has 0 amide bonds. The maximum atomic E-state index is 14.1. The molecule has 0 fully saturated rings. The number of fused-ring (bicyclic) bond motifs is 1. The second-order valence-electron chi connectivity index (χ2n) is 5.75. The van der Waals surface area contributed by atoms with Gasteiger partial charge < -0.3 is 20.1 Å². The van der Waals surface area contributed by atoms with E-state index in [2.05, 4.69) is 15.3 Å². The first-order valence-electron chi connectivity index (χ1n) is 7.78. The minimum atomic E-state index is -1.94. The maximum absolute atomic E-state index is 14.1. The molecule has 0 spiro atoms. The van der Waals surface area contributed by atoms with E-state index in [-0.39, 0.29) is 17.6 Å². The van der Waals surface area contributed by atoms with Gasteiger partial charge in [-0.05, 0) is 42.2 Å². The molecule has 9 heteroatoms. The van der Waals surface area contributed by atoms with Crippen LogP contribution >= 0.6 is 0 Å². The van der Waals surface area contributed by atoms with Gasteiger partial charge in [0.1, 0.15) is 29.5 Å². The number of anilines is 1. The minimum Gasteiger partial charge on any atom is -0.496 e. The Morgan fingerprint density at radius 2 is 1.81 bits per heavy atom. The Hall–Kier alpha value is -2.78. The number of benzene rings is 2. The fourth-order valence-electron chi connectivity index (χ4n) is 2.66. The number of aromatic nitrogens is 2. The van der Waals surface area contributed by atoms with Crippen LogP contribution in [0.1, 0.15) is 11.1 Å². The summed E-state index contributed by atoms with van der Waals surface area (Å²) in [5.41, 5.74) is 1.08. The first-order valence-corrected chi connectivity index (χ1v) is 7.78. The number of ether oxygens (including phenoxy) is 1. The Bertz CT molecular complexity index is 946. The topological polar surface area (TPSA) is 87.5 Å². The highest BCUT2D eigenvalue weighted by Gasteiger charge is 2.18. The van der Waals surface area contributed by atoms with Crippen LogP contribution in [0.25, 0.3) is 10.9 Å². The third kappa shape index (κ3) is 3.44. The van der Waals surface area contributed by atoms with Gasteiger partial charge in [0.2, 0.25) is 0 Å². The van der Waals surface area contributed by atoms with Gasteiger partial charge in [0.25, 0.3) is 0 Å². The number of hydrogen-bond acceptors (Lipinski definition) is 6. The van der Waals surface area contributed by atoms with E-state index in [4.69, 9.17) is 14.8 Å². The number of halogens is 2. The van der Waals surface area contributed by atoms with Crippen LogP contribution in [-0.2, 0) is 6.54 Å². The first-order chi connectivity index (χ1) is 12.4. The maximum Gasteiger partial charge on any atom is 0.488 e. The van der Waals surface area contributed by atoms with E-state index in [1.807, 2.05) is 13.0 Å². The Kier molecular flexibility index (Phi) is 5.01. The lowest BCUT2D eigenvalue weighted by Gasteiger charge is -2.12. The predicted molar refractivity (Wildman–Crippen MR) is 94.3 cm³/mol. The number of nitrogens with one attached hydrogen (secondary N) is 1. The summed E-state index contributed by atoms with van der Waals surface area (Å²) in [7, 11) is -0.394. The van der Waals surface area contributed by atoms with Crippen molar-refractivity contribution in [3.63, 3.8) is 0 Å². The molecule has 3 aromatic rings. The summed E-state index contributed by atoms with van der Waals surface area (Å²) < 4.78 is 33.5. The fraction of sp³-hybridized carbons (Fsp3) is 0.176. The van der Waals surface area contributed by atoms with Crippen LogP contribution in [0.3, 0.4) is 0 Å². The van der Waals surface area contributed by atoms with E-state index in [1.54, 1.807) is 13.2 Å². The molecule has 0 bridgehead atoms. The van der Waals surface area contributed by atoms with Gasteiger partial charge in [0.05, 0.1) is 12.6 Å². The lowest BCUT2D eigenvalue weighted by atomic mass is 9.80. The van der Waals surface area contributed by atoms with Gasteiger partial charge in [-0.15, -0.1) is 0 Å². The lowest BCUT2D eigenvalue weighted by Crippen LogP contribution is -2.31. The van der Waals surface area contributed by atoms with Crippen LogP contribution in [0.5, 0.6) is 5.75 Å². The molecule has 0 aliphatic carbocycles. The molecule has 26 heavy (non-hydrogen) atoms. The second-order valence-corrected chi connectivity index (χ2v) is 5.75. The van der Waals surface area contributed by atoms with Crippen molar-refractivity contribution in [2.45, 2.75) is 13.5 Å². The van der Waals surface area contributed by atoms with Crippen LogP contribution < -0.4 is 15.5 Å². The zero-order valence-corrected chi connectivity index (χ0v) is 14.1. The molecule has 0 saturated heterocycles. The van der Waals surface area contributed by atoms with Crippen LogP contribution in [0.4, 0.5) is 14.6 Å². The van der Waals surface area contributed by atoms with Crippen molar-refractivity contribution in [2.75, 3.05) is 12.4 Å². The first kappa shape index (κ1) is 18.0. The number of aryl methyl sites for hydroxylation is 1. The zero-order valence-electron chi connectivity index (χ0n) is 14.1. The monoisotopic (exact) mass is 359 g/mol. The Balaban J connectivity index is 1.93. The smallest absolute Gasteiger partial charge is 0.488 e. The summed E-state index contributed by atoms with van der Waals surface area (Å²) in [6.45, 7) is 1.71. The average Bonchev–Trinajstić information content (AvgIpc) is 2.60. The third-order valence-electron chi connectivity index (χ3n) is 4.05. The molecule has 0 radical (unpaired) electrons. The minimum absolute atomic E-state index is 0.179. The summed E-state index contributed by atoms with van der Waals surface area (Å²) in [5, 5.41) is 21.6. The molecule has 0 saturated carbocycles. The van der Waals surface area contributed by atoms with Crippen LogP contribution in [-0.4, -0.2) is 34.2 Å². The highest BCUT2D eigenvalue weighted by Crippen LogP contribution is 2.28. The summed E-state index contributed by atoms with van der Waals surface area (Å²) in [6.07, 6.45) is 1.36. The van der Waals surface area contributed by atoms with E-state index < -0.39 is 18.8 Å². The zero-order chi connectivity index (χ0) is 18.8. The number of hydrogen-bond donors (Lipinski definition) is 3. The highest BCUT2D eigenvalue weighted by atomic mass is 19.1. The molecule has 2 aromatic carbocycles. The fourth-order valence-corrected chi connectivity index (χ4v) is 2.66. The number of rotatable bonds is 5. The Morgan fingerprint density at radius 1 is 1.12 bits per heavy atom. The van der Waals surface area contributed by atoms with Crippen molar-refractivity contribution < 1.29 is 23.6 Å². The average molecular weight is 359 g/mol. The standard InChI is InChI=1S/C17H16BF2N3O3/c1-9-3-15-11(6-16(9)26-2)17(23-8-22-15)21-7-12-13(19)4-10(18(24)25)5-14(12)20/h3-6,8,24-25H,7H2,1-2H3,(H,21,22,23). The van der Waals surface area contributed by atoms with E-state index in [0.717, 1.165) is 17.7 Å². The molecular formula is C17H16BF2N3O3. The van der Waals surface area contributed by atoms with Crippen molar-refractivity contribution >= 4 is 29.3 Å². The summed E-state index contributed by atoms with van der Waals surface area (Å²) in [4.78, 5) is 8.32. The van der Waals surface area contributed by atoms with Crippen molar-refractivity contribution in [1.29, 1.82) is 0 Å². The molecule has 0 atom stereocenters. The van der Waals surface area contributed by atoms with Crippen molar-refractivity contribution in [2.24, 2.45) is 0 Å². The number of methoxy groups -OCH3 is 1. The lowest BCUT2D eigenvalue weighted by molar-refractivity contribution is 0.412. The summed E-state index contributed by atoms with van der Waals surface area (Å²) >= 11 is 0. The van der Waals surface area contributed by atoms with E-state index >= 15 is 0 Å². The second kappa shape index (κ2) is 7.23. The predicted octanol–water partition coefficient (Wildman–Crippen LogP) is 1.52. The highest BCUT2D eigenvalue weighted by molar-refractivity contribution is 6.58. The molecule has 0 aliphatic heterocycles. The van der Waals surface area contributed by atoms with Gasteiger partial charge in [-0.1, -0.05) is 0 Å². The largest absolute Gasteiger partial charge is 0.496 e. The van der Waals surface area contributed by atoms with Gasteiger partial charge >= 0.3 is 7.12 Å². The molecule has 0 aliphatic rings. The molecule has 1 aromatic heterocycles. The molecule has 134 valence electrons. The molecule has 3 rings (SSSR count). The van der Waals surface area contributed by atoms with E-state index in [0.29, 0.717) is 22.5 Å². The van der Waals surface area contributed by atoms with Crippen LogP contribution in [0, 0.1) is 18.6 Å². The third-order valence-corrected chi connectivity index (χ3v) is 4.05. The summed E-state index contributed by atoms with van der Waals surface area (Å²) in [6, 6.07) is 5.36. The van der Waals surface area contributed by atoms with E-state index in [1.165, 1.54) is 6.33 Å². The van der Waals surface area contributed by atoms with Crippen LogP contribution in [0.2, 0.25) is 0 Å². The van der Waals surface area contributed by atoms with Crippen molar-refractivity contribution in [3.05, 3.63) is 53.4 Å². The molecule has 1 heterocycles. The quantitative estimate of drug-likeness (QED) is 0.599. The SMILES string of the molecule is COc1cc2c(NCc3c(F)cc(B(O)O)cc3F)ncnc2cc1C. The van der Waals surface area contributed by atoms with Gasteiger partial charge in [-0.25, -0.2) is 18.7 Å².